The molecule has 0 spiro atoms. The minimum atomic E-state index is -0.250. The lowest BCUT2D eigenvalue weighted by Gasteiger charge is -2.07. The normalized spacial score (nSPS) is 11.7. The summed E-state index contributed by atoms with van der Waals surface area (Å²) in [6.07, 6.45) is 13.3. The molecular formula is C26H30ClN7O2. The minimum absolute atomic E-state index is 0.00523. The second-order valence-electron chi connectivity index (χ2n) is 7.94. The maximum absolute atomic E-state index is 10.9. The highest BCUT2D eigenvalue weighted by molar-refractivity contribution is 6.33. The van der Waals surface area contributed by atoms with E-state index in [-0.39, 0.29) is 17.6 Å². The molecule has 0 radical (unpaired) electrons. The molecule has 9 nitrogen and oxygen atoms in total. The van der Waals surface area contributed by atoms with Gasteiger partial charge in [0.2, 0.25) is 5.78 Å². The highest BCUT2D eigenvalue weighted by Crippen LogP contribution is 2.16. The van der Waals surface area contributed by atoms with Crippen molar-refractivity contribution in [3.63, 3.8) is 0 Å². The van der Waals surface area contributed by atoms with E-state index in [0.717, 1.165) is 10.5 Å². The third kappa shape index (κ3) is 7.58. The molecule has 0 aromatic carbocycles. The molecule has 0 saturated carbocycles. The number of Topliss-reactive ketones (excluding diaryl/α,β-unsaturated/α-hetero) is 1. The van der Waals surface area contributed by atoms with Crippen LogP contribution in [0.5, 0.6) is 0 Å². The van der Waals surface area contributed by atoms with Gasteiger partial charge in [0, 0.05) is 25.0 Å². The Labute approximate surface area is 215 Å². The molecule has 5 heterocycles. The smallest absolute Gasteiger partial charge is 0.284 e. The molecule has 10 heteroatoms. The molecule has 0 bridgehead atoms. The summed E-state index contributed by atoms with van der Waals surface area (Å²) >= 11 is 5.84. The largest absolute Gasteiger partial charge is 0.412 e. The van der Waals surface area contributed by atoms with E-state index in [0.29, 0.717) is 5.69 Å². The van der Waals surface area contributed by atoms with Crippen LogP contribution in [-0.4, -0.2) is 40.5 Å². The number of carbonyl (C=O) groups excluding carboxylic acids is 1. The predicted octanol–water partition coefficient (Wildman–Crippen LogP) is 6.03. The van der Waals surface area contributed by atoms with Gasteiger partial charge in [-0.25, -0.2) is 9.50 Å². The summed E-state index contributed by atoms with van der Waals surface area (Å²) in [5, 5.41) is 12.0. The Morgan fingerprint density at radius 1 is 1.06 bits per heavy atom. The van der Waals surface area contributed by atoms with Crippen molar-refractivity contribution >= 4 is 22.9 Å². The zero-order valence-corrected chi connectivity index (χ0v) is 21.4. The number of H-pyrrole nitrogens is 1. The Hall–Kier alpha value is -3.85. The molecule has 6 rings (SSSR count). The lowest BCUT2D eigenvalue weighted by atomic mass is 10.0. The fourth-order valence-electron chi connectivity index (χ4n) is 3.25. The van der Waals surface area contributed by atoms with Gasteiger partial charge in [-0.2, -0.15) is 5.10 Å². The van der Waals surface area contributed by atoms with Crippen molar-refractivity contribution in [2.24, 2.45) is 0 Å². The first-order chi connectivity index (χ1) is 17.5. The fourth-order valence-corrected chi connectivity index (χ4v) is 3.47. The van der Waals surface area contributed by atoms with Crippen LogP contribution in [0.4, 0.5) is 0 Å². The van der Waals surface area contributed by atoms with Gasteiger partial charge in [-0.05, 0) is 56.0 Å². The molecule has 5 aromatic heterocycles. The van der Waals surface area contributed by atoms with E-state index >= 15 is 0 Å². The van der Waals surface area contributed by atoms with Gasteiger partial charge in [0.15, 0.2) is 0 Å². The molecule has 0 saturated heterocycles. The van der Waals surface area contributed by atoms with Crippen LogP contribution in [0, 0.1) is 0 Å². The van der Waals surface area contributed by atoms with Crippen molar-refractivity contribution < 1.29 is 9.21 Å². The maximum Gasteiger partial charge on any atom is 0.284 e. The van der Waals surface area contributed by atoms with Crippen LogP contribution in [0.25, 0.3) is 17.1 Å². The van der Waals surface area contributed by atoms with E-state index in [4.69, 9.17) is 16.0 Å². The van der Waals surface area contributed by atoms with Gasteiger partial charge >= 0.3 is 0 Å². The summed E-state index contributed by atoms with van der Waals surface area (Å²) in [6, 6.07) is 10.9. The number of imidazole rings is 1. The van der Waals surface area contributed by atoms with Gasteiger partial charge in [-0.15, -0.1) is 10.2 Å². The average molecular weight is 508 g/mol. The third-order valence-electron chi connectivity index (χ3n) is 4.89. The number of fused-ring (bicyclic) bond motifs is 2. The number of rotatable bonds is 2. The van der Waals surface area contributed by atoms with E-state index in [1.165, 1.54) is 50.4 Å². The Kier molecular flexibility index (Phi) is 10.3. The first-order valence-corrected chi connectivity index (χ1v) is 12.3. The van der Waals surface area contributed by atoms with Gasteiger partial charge in [-0.3, -0.25) is 9.78 Å². The van der Waals surface area contributed by atoms with E-state index < -0.39 is 0 Å². The van der Waals surface area contributed by atoms with Crippen LogP contribution in [0.15, 0.2) is 65.7 Å². The summed E-state index contributed by atoms with van der Waals surface area (Å²) in [5.41, 5.74) is 4.17. The SMILES string of the molecule is CC(=O)c1nnc(-c2ccccn2)o1.CCC.Clc1cccn2nccc12.c1nc2c([nH]1)CCCC2. The fraction of sp³-hybridized carbons (Fsp3) is 0.308. The topological polar surface area (TPSA) is 115 Å². The number of hydrogen-bond donors (Lipinski definition) is 1. The zero-order valence-electron chi connectivity index (χ0n) is 20.7. The molecule has 0 aliphatic heterocycles. The predicted molar refractivity (Wildman–Crippen MR) is 139 cm³/mol. The lowest BCUT2D eigenvalue weighted by Crippen LogP contribution is -2.00. The number of hydrogen-bond acceptors (Lipinski definition) is 7. The second kappa shape index (κ2) is 13.9. The van der Waals surface area contributed by atoms with Crippen LogP contribution in [0.2, 0.25) is 5.02 Å². The maximum atomic E-state index is 10.9. The molecule has 0 amide bonds. The van der Waals surface area contributed by atoms with Gasteiger partial charge < -0.3 is 9.40 Å². The number of aromatic nitrogens is 7. The first-order valence-electron chi connectivity index (χ1n) is 11.9. The monoisotopic (exact) mass is 507 g/mol. The highest BCUT2D eigenvalue weighted by atomic mass is 35.5. The van der Waals surface area contributed by atoms with Gasteiger partial charge in [-0.1, -0.05) is 37.9 Å². The number of nitrogens with zero attached hydrogens (tertiary/aromatic N) is 6. The van der Waals surface area contributed by atoms with Crippen molar-refractivity contribution in [1.82, 2.24) is 34.8 Å². The molecule has 0 unspecified atom stereocenters. The minimum Gasteiger partial charge on any atom is -0.412 e. The Morgan fingerprint density at radius 3 is 2.53 bits per heavy atom. The third-order valence-corrected chi connectivity index (χ3v) is 5.21. The van der Waals surface area contributed by atoms with Crippen LogP contribution < -0.4 is 0 Å². The highest BCUT2D eigenvalue weighted by Gasteiger charge is 2.12. The Morgan fingerprint density at radius 2 is 1.86 bits per heavy atom. The zero-order chi connectivity index (χ0) is 25.8. The molecule has 0 atom stereocenters. The summed E-state index contributed by atoms with van der Waals surface area (Å²) in [5.74, 6) is 0.0149. The number of aryl methyl sites for hydroxylation is 2. The molecular weight excluding hydrogens is 478 g/mol. The number of aromatic amines is 1. The van der Waals surface area contributed by atoms with E-state index in [1.54, 1.807) is 41.4 Å². The van der Waals surface area contributed by atoms with Crippen molar-refractivity contribution in [2.45, 2.75) is 52.9 Å². The van der Waals surface area contributed by atoms with Crippen molar-refractivity contribution in [2.75, 3.05) is 0 Å². The summed E-state index contributed by atoms with van der Waals surface area (Å²) in [6.45, 7) is 5.62. The van der Waals surface area contributed by atoms with Crippen molar-refractivity contribution in [3.05, 3.63) is 83.6 Å². The number of nitrogens with one attached hydrogen (secondary N) is 1. The van der Waals surface area contributed by atoms with Crippen LogP contribution >= 0.6 is 11.6 Å². The van der Waals surface area contributed by atoms with E-state index in [2.05, 4.69) is 44.1 Å². The van der Waals surface area contributed by atoms with Gasteiger partial charge in [0.1, 0.15) is 5.69 Å². The van der Waals surface area contributed by atoms with Crippen LogP contribution in [-0.2, 0) is 12.8 Å². The molecule has 36 heavy (non-hydrogen) atoms. The van der Waals surface area contributed by atoms with Crippen LogP contribution in [0.3, 0.4) is 0 Å². The number of ketones is 1. The molecule has 1 aliphatic carbocycles. The molecule has 188 valence electrons. The Bertz CT molecular complexity index is 1320. The van der Waals surface area contributed by atoms with Crippen LogP contribution in [0.1, 0.15) is 62.1 Å². The average Bonchev–Trinajstić information content (AvgIpc) is 3.67. The van der Waals surface area contributed by atoms with Crippen molar-refractivity contribution in [1.29, 1.82) is 0 Å². The quantitative estimate of drug-likeness (QED) is 0.290. The number of halogens is 1. The molecule has 0 fully saturated rings. The summed E-state index contributed by atoms with van der Waals surface area (Å²) in [7, 11) is 0. The van der Waals surface area contributed by atoms with Gasteiger partial charge in [0.05, 0.1) is 28.8 Å². The van der Waals surface area contributed by atoms with Gasteiger partial charge in [0.25, 0.3) is 11.8 Å². The first kappa shape index (κ1) is 26.7. The number of pyridine rings is 2. The molecule has 1 N–H and O–H groups in total. The lowest BCUT2D eigenvalue weighted by molar-refractivity contribution is 0.0981. The number of carbonyl (C=O) groups is 1. The Balaban J connectivity index is 0.000000146. The van der Waals surface area contributed by atoms with E-state index in [1.807, 2.05) is 24.4 Å². The molecule has 5 aromatic rings. The van der Waals surface area contributed by atoms with E-state index in [9.17, 15) is 4.79 Å². The molecule has 1 aliphatic rings. The van der Waals surface area contributed by atoms with Crippen molar-refractivity contribution in [3.8, 4) is 11.6 Å². The standard InChI is InChI=1S/C9H7N3O2.C7H5ClN2.C7H10N2.C3H8/c1-6(13)8-11-12-9(14-8)7-4-2-3-5-10-7;8-6-2-1-5-10-7(6)3-4-9-10;1-2-4-7-6(3-1)8-5-9-7;1-3-2/h2-5H,1H3;1-5H;5H,1-4H2,(H,8,9);3H2,1-2H3. The second-order valence-corrected chi connectivity index (χ2v) is 8.35. The summed E-state index contributed by atoms with van der Waals surface area (Å²) in [4.78, 5) is 22.2. The summed E-state index contributed by atoms with van der Waals surface area (Å²) < 4.78 is 6.84.